The Morgan fingerprint density at radius 3 is 1.00 bits per heavy atom. The molecule has 4 aromatic rings. The highest BCUT2D eigenvalue weighted by Gasteiger charge is 2.77. The van der Waals surface area contributed by atoms with Crippen molar-refractivity contribution >= 4 is 0 Å². The maximum absolute atomic E-state index is 13.8. The summed E-state index contributed by atoms with van der Waals surface area (Å²) in [5, 5.41) is 0. The highest BCUT2D eigenvalue weighted by Crippen LogP contribution is 2.77. The number of hydrogen-bond donors (Lipinski definition) is 0. The zero-order valence-electron chi connectivity index (χ0n) is 19.9. The van der Waals surface area contributed by atoms with Gasteiger partial charge in [0.05, 0.1) is 46.4 Å². The van der Waals surface area contributed by atoms with Crippen LogP contribution in [0.4, 0.5) is 0 Å². The third kappa shape index (κ3) is 1.81. The van der Waals surface area contributed by atoms with Crippen molar-refractivity contribution in [1.29, 1.82) is 0 Å². The van der Waals surface area contributed by atoms with Gasteiger partial charge in [-0.25, -0.2) is 47.0 Å². The van der Waals surface area contributed by atoms with E-state index >= 15 is 0 Å². The molecule has 4 aliphatic heterocycles. The summed E-state index contributed by atoms with van der Waals surface area (Å²) in [6, 6.07) is 15.8. The number of hydrogen-bond acceptors (Lipinski definition) is 4. The summed E-state index contributed by atoms with van der Waals surface area (Å²) in [5.41, 5.74) is -2.01. The van der Waals surface area contributed by atoms with E-state index in [4.69, 9.17) is 0 Å². The largest absolute Gasteiger partial charge is 0.352 e. The van der Waals surface area contributed by atoms with Gasteiger partial charge in [0, 0.05) is 0 Å². The van der Waals surface area contributed by atoms with E-state index in [-0.39, 0.29) is 0 Å². The first-order valence-corrected chi connectivity index (χ1v) is 12.6. The molecule has 0 saturated heterocycles. The first kappa shape index (κ1) is 20.2. The molecule has 10 heteroatoms. The van der Waals surface area contributed by atoms with Gasteiger partial charge >= 0.3 is 22.8 Å². The zero-order valence-corrected chi connectivity index (χ0v) is 19.9. The van der Waals surface area contributed by atoms with Gasteiger partial charge in [-0.15, -0.1) is 0 Å². The van der Waals surface area contributed by atoms with Crippen molar-refractivity contribution in [1.82, 2.24) is 27.9 Å². The second-order valence-corrected chi connectivity index (χ2v) is 10.6. The van der Waals surface area contributed by atoms with E-state index in [1.54, 1.807) is 67.3 Å². The molecule has 2 aromatic heterocycles. The van der Waals surface area contributed by atoms with E-state index in [1.807, 2.05) is 36.4 Å². The summed E-state index contributed by atoms with van der Waals surface area (Å²) in [6.45, 7) is 0. The van der Waals surface area contributed by atoms with Crippen LogP contribution in [0.25, 0.3) is 11.4 Å². The first-order chi connectivity index (χ1) is 18.5. The van der Waals surface area contributed by atoms with Crippen LogP contribution >= 0.6 is 0 Å². The summed E-state index contributed by atoms with van der Waals surface area (Å²) in [4.78, 5) is 55.3. The topological polar surface area (TPSA) is 97.9 Å². The molecule has 2 aromatic carbocycles. The van der Waals surface area contributed by atoms with Crippen molar-refractivity contribution in [2.75, 3.05) is 0 Å². The number of benzene rings is 2. The molecular formula is C28H20N6O4. The Morgan fingerprint density at radius 2 is 0.737 bits per heavy atom. The lowest BCUT2D eigenvalue weighted by Crippen LogP contribution is -2.73. The number of aromatic nitrogens is 6. The molecule has 0 amide bonds. The smallest absolute Gasteiger partial charge is 0.245 e. The first-order valence-electron chi connectivity index (χ1n) is 12.6. The van der Waals surface area contributed by atoms with E-state index in [9.17, 15) is 19.2 Å². The van der Waals surface area contributed by atoms with Crippen molar-refractivity contribution in [2.45, 2.75) is 24.2 Å². The SMILES string of the molecule is O=c1n(-c2ccccc2)c(=O)n2n1[C@H]1C=C[C@H]2C23C=CC12[C@@H]1C=C[C@@H]3n2c(=O)n(-c3ccccc3)c(=O)n21. The van der Waals surface area contributed by atoms with E-state index < -0.39 is 57.8 Å². The van der Waals surface area contributed by atoms with Crippen LogP contribution in [-0.4, -0.2) is 27.9 Å². The highest BCUT2D eigenvalue weighted by atomic mass is 16.2. The third-order valence-electron chi connectivity index (χ3n) is 9.39. The van der Waals surface area contributed by atoms with Crippen LogP contribution in [0.1, 0.15) is 24.2 Å². The molecule has 0 spiro atoms. The number of para-hydroxylation sites is 2. The van der Waals surface area contributed by atoms with Gasteiger partial charge in [-0.3, -0.25) is 0 Å². The molecule has 11 rings (SSSR count). The van der Waals surface area contributed by atoms with Gasteiger partial charge in [0.1, 0.15) is 0 Å². The Balaban J connectivity index is 1.34. The maximum Gasteiger partial charge on any atom is 0.352 e. The van der Waals surface area contributed by atoms with Crippen molar-refractivity contribution in [3.05, 3.63) is 139 Å². The zero-order chi connectivity index (χ0) is 25.6. The average Bonchev–Trinajstić information content (AvgIpc) is 3.36. The van der Waals surface area contributed by atoms with Gasteiger partial charge in [0.25, 0.3) is 0 Å². The molecule has 3 aliphatic carbocycles. The predicted octanol–water partition coefficient (Wildman–Crippen LogP) is 1.49. The minimum atomic E-state index is -0.676. The number of nitrogens with zero attached hydrogens (tertiary/aromatic N) is 6. The number of allylic oxidation sites excluding steroid dienone is 6. The van der Waals surface area contributed by atoms with Crippen LogP contribution in [0.3, 0.4) is 0 Å². The van der Waals surface area contributed by atoms with E-state index in [1.165, 1.54) is 9.13 Å². The summed E-state index contributed by atoms with van der Waals surface area (Å²) >= 11 is 0. The molecular weight excluding hydrogens is 484 g/mol. The molecule has 0 saturated carbocycles. The molecule has 4 atom stereocenters. The standard InChI is InChI=1S/C28H20N6O4/c35-23-29(17-7-3-1-4-8-17)24(36)32-20-12-11-19(31(23)32)27-15-16-28(20,27)22-14-13-21(27)33-25(37)30(26(38)34(22)33)18-9-5-2-6-10-18/h1-16,19-22H/t19-,20-,21-,22-,27?,28?/m0/s1. The Kier molecular flexibility index (Phi) is 3.28. The molecule has 186 valence electrons. The van der Waals surface area contributed by atoms with Crippen molar-refractivity contribution in [2.24, 2.45) is 10.8 Å². The predicted molar refractivity (Wildman–Crippen MR) is 137 cm³/mol. The lowest BCUT2D eigenvalue weighted by Gasteiger charge is -2.71. The maximum atomic E-state index is 13.8. The molecule has 0 radical (unpaired) electrons. The Hall–Kier alpha value is -4.86. The second kappa shape index (κ2) is 6.16. The monoisotopic (exact) mass is 504 g/mol. The normalized spacial score (nSPS) is 32.0. The lowest BCUT2D eigenvalue weighted by atomic mass is 9.39. The highest BCUT2D eigenvalue weighted by molar-refractivity contribution is 5.50. The number of rotatable bonds is 2. The molecule has 4 bridgehead atoms. The summed E-state index contributed by atoms with van der Waals surface area (Å²) < 4.78 is 8.63. The fourth-order valence-electron chi connectivity index (χ4n) is 7.98. The second-order valence-electron chi connectivity index (χ2n) is 10.6. The van der Waals surface area contributed by atoms with Crippen molar-refractivity contribution < 1.29 is 0 Å². The fraction of sp³-hybridized carbons (Fsp3) is 0.214. The molecule has 0 N–H and O–H groups in total. The van der Waals surface area contributed by atoms with Gasteiger partial charge in [-0.05, 0) is 24.3 Å². The van der Waals surface area contributed by atoms with Gasteiger partial charge in [0.15, 0.2) is 0 Å². The van der Waals surface area contributed by atoms with E-state index in [0.717, 1.165) is 0 Å². The molecule has 38 heavy (non-hydrogen) atoms. The van der Waals surface area contributed by atoms with Crippen LogP contribution < -0.4 is 22.8 Å². The van der Waals surface area contributed by atoms with Crippen LogP contribution in [0, 0.1) is 10.8 Å². The quantitative estimate of drug-likeness (QED) is 0.387. The molecule has 7 aliphatic rings. The molecule has 10 nitrogen and oxygen atoms in total. The lowest BCUT2D eigenvalue weighted by molar-refractivity contribution is -0.139. The van der Waals surface area contributed by atoms with Crippen LogP contribution in [0.5, 0.6) is 0 Å². The van der Waals surface area contributed by atoms with E-state index in [2.05, 4.69) is 12.2 Å². The Bertz CT molecular complexity index is 1810. The van der Waals surface area contributed by atoms with Crippen LogP contribution in [0.2, 0.25) is 0 Å². The van der Waals surface area contributed by atoms with Gasteiger partial charge in [0.2, 0.25) is 0 Å². The summed E-state index contributed by atoms with van der Waals surface area (Å²) in [5.74, 6) is 0. The minimum absolute atomic E-state index is 0.416. The Labute approximate surface area is 213 Å². The van der Waals surface area contributed by atoms with Gasteiger partial charge < -0.3 is 0 Å². The van der Waals surface area contributed by atoms with E-state index in [0.29, 0.717) is 11.4 Å². The van der Waals surface area contributed by atoms with Gasteiger partial charge in [-0.2, -0.15) is 0 Å². The summed E-state index contributed by atoms with van der Waals surface area (Å²) in [7, 11) is 0. The minimum Gasteiger partial charge on any atom is -0.245 e. The van der Waals surface area contributed by atoms with Crippen molar-refractivity contribution in [3.63, 3.8) is 0 Å². The summed E-state index contributed by atoms with van der Waals surface area (Å²) in [6.07, 6.45) is 12.1. The average molecular weight is 505 g/mol. The Morgan fingerprint density at radius 1 is 0.447 bits per heavy atom. The van der Waals surface area contributed by atoms with Crippen LogP contribution in [-0.2, 0) is 0 Å². The third-order valence-corrected chi connectivity index (χ3v) is 9.39. The molecule has 0 fully saturated rings. The molecule has 0 unspecified atom stereocenters. The van der Waals surface area contributed by atoms with Crippen molar-refractivity contribution in [3.8, 4) is 11.4 Å². The van der Waals surface area contributed by atoms with Gasteiger partial charge in [-0.1, -0.05) is 72.9 Å². The van der Waals surface area contributed by atoms with Crippen LogP contribution in [0.15, 0.2) is 116 Å². The molecule has 6 heterocycles. The fourth-order valence-corrected chi connectivity index (χ4v) is 7.98.